The molecule has 86 valence electrons. The Morgan fingerprint density at radius 1 is 1.38 bits per heavy atom. The lowest BCUT2D eigenvalue weighted by Gasteiger charge is -2.27. The molecule has 0 spiro atoms. The minimum absolute atomic E-state index is 0.0799. The SMILES string of the molecule is Cc1ccc2c(c1)C(C(F)(F)F)CNC2=O. The van der Waals surface area contributed by atoms with E-state index in [0.717, 1.165) is 5.56 Å². The van der Waals surface area contributed by atoms with Crippen LogP contribution in [0, 0.1) is 6.92 Å². The van der Waals surface area contributed by atoms with E-state index in [1.807, 2.05) is 0 Å². The molecule has 0 saturated heterocycles. The molecule has 1 aliphatic heterocycles. The minimum atomic E-state index is -4.32. The van der Waals surface area contributed by atoms with Gasteiger partial charge in [-0.2, -0.15) is 13.2 Å². The van der Waals surface area contributed by atoms with Crippen molar-refractivity contribution in [2.45, 2.75) is 19.0 Å². The van der Waals surface area contributed by atoms with Crippen LogP contribution in [-0.4, -0.2) is 18.6 Å². The van der Waals surface area contributed by atoms with Crippen molar-refractivity contribution in [3.05, 3.63) is 34.9 Å². The van der Waals surface area contributed by atoms with Crippen molar-refractivity contribution in [3.8, 4) is 0 Å². The number of amides is 1. The first-order valence-corrected chi connectivity index (χ1v) is 4.85. The highest BCUT2D eigenvalue weighted by Gasteiger charge is 2.44. The molecule has 0 saturated carbocycles. The van der Waals surface area contributed by atoms with Crippen LogP contribution in [0.5, 0.6) is 0 Å². The lowest BCUT2D eigenvalue weighted by molar-refractivity contribution is -0.149. The zero-order chi connectivity index (χ0) is 11.9. The lowest BCUT2D eigenvalue weighted by Crippen LogP contribution is -2.40. The second-order valence-electron chi connectivity index (χ2n) is 3.89. The number of halogens is 3. The van der Waals surface area contributed by atoms with E-state index >= 15 is 0 Å². The summed E-state index contributed by atoms with van der Waals surface area (Å²) >= 11 is 0. The molecule has 1 aliphatic rings. The minimum Gasteiger partial charge on any atom is -0.351 e. The maximum atomic E-state index is 12.7. The summed E-state index contributed by atoms with van der Waals surface area (Å²) in [6, 6.07) is 4.52. The van der Waals surface area contributed by atoms with Gasteiger partial charge in [0.2, 0.25) is 0 Å². The summed E-state index contributed by atoms with van der Waals surface area (Å²) in [5.74, 6) is -2.03. The van der Waals surface area contributed by atoms with Gasteiger partial charge < -0.3 is 5.32 Å². The zero-order valence-electron chi connectivity index (χ0n) is 8.56. The number of benzene rings is 1. The van der Waals surface area contributed by atoms with E-state index in [1.165, 1.54) is 12.1 Å². The molecular formula is C11H10F3NO. The highest BCUT2D eigenvalue weighted by Crippen LogP contribution is 2.38. The van der Waals surface area contributed by atoms with Crippen molar-refractivity contribution >= 4 is 5.91 Å². The van der Waals surface area contributed by atoms with Gasteiger partial charge in [-0.25, -0.2) is 0 Å². The highest BCUT2D eigenvalue weighted by molar-refractivity contribution is 5.97. The number of rotatable bonds is 0. The number of aryl methyl sites for hydroxylation is 1. The molecule has 0 aliphatic carbocycles. The maximum absolute atomic E-state index is 12.7. The van der Waals surface area contributed by atoms with Crippen molar-refractivity contribution < 1.29 is 18.0 Å². The third-order valence-corrected chi connectivity index (χ3v) is 2.69. The summed E-state index contributed by atoms with van der Waals surface area (Å²) in [7, 11) is 0. The van der Waals surface area contributed by atoms with Crippen molar-refractivity contribution in [2.75, 3.05) is 6.54 Å². The summed E-state index contributed by atoms with van der Waals surface area (Å²) in [6.07, 6.45) is -4.32. The molecule has 1 aromatic carbocycles. The monoisotopic (exact) mass is 229 g/mol. The van der Waals surface area contributed by atoms with Gasteiger partial charge in [-0.15, -0.1) is 0 Å². The molecular weight excluding hydrogens is 219 g/mol. The van der Waals surface area contributed by atoms with Gasteiger partial charge >= 0.3 is 6.18 Å². The van der Waals surface area contributed by atoms with Crippen LogP contribution < -0.4 is 5.32 Å². The summed E-state index contributed by atoms with van der Waals surface area (Å²) < 4.78 is 38.2. The Bertz CT molecular complexity index is 439. The fourth-order valence-corrected chi connectivity index (χ4v) is 1.87. The van der Waals surface area contributed by atoms with E-state index in [1.54, 1.807) is 13.0 Å². The molecule has 0 fully saturated rings. The normalized spacial score (nSPS) is 20.2. The van der Waals surface area contributed by atoms with Crippen LogP contribution in [0.4, 0.5) is 13.2 Å². The number of hydrogen-bond acceptors (Lipinski definition) is 1. The van der Waals surface area contributed by atoms with Gasteiger partial charge in [-0.1, -0.05) is 17.7 Å². The quantitative estimate of drug-likeness (QED) is 0.727. The van der Waals surface area contributed by atoms with Gasteiger partial charge in [0.25, 0.3) is 5.91 Å². The van der Waals surface area contributed by atoms with Crippen molar-refractivity contribution in [2.24, 2.45) is 0 Å². The third kappa shape index (κ3) is 1.77. The van der Waals surface area contributed by atoms with Gasteiger partial charge in [0.15, 0.2) is 0 Å². The summed E-state index contributed by atoms with van der Waals surface area (Å²) in [5.41, 5.74) is 0.929. The van der Waals surface area contributed by atoms with Gasteiger partial charge in [0.05, 0.1) is 5.92 Å². The Kier molecular flexibility index (Phi) is 2.40. The summed E-state index contributed by atoms with van der Waals surface area (Å²) in [6.45, 7) is 1.33. The van der Waals surface area contributed by atoms with Gasteiger partial charge in [0, 0.05) is 12.1 Å². The molecule has 2 rings (SSSR count). The predicted molar refractivity (Wildman–Crippen MR) is 52.3 cm³/mol. The standard InChI is InChI=1S/C11H10F3NO/c1-6-2-3-7-8(4-6)9(11(12,13)14)5-15-10(7)16/h2-4,9H,5H2,1H3,(H,15,16). The number of carbonyl (C=O) groups excluding carboxylic acids is 1. The molecule has 1 aromatic rings. The number of nitrogens with one attached hydrogen (secondary N) is 1. The molecule has 0 radical (unpaired) electrons. The van der Waals surface area contributed by atoms with Crippen LogP contribution in [-0.2, 0) is 0 Å². The molecule has 2 nitrogen and oxygen atoms in total. The van der Waals surface area contributed by atoms with Crippen LogP contribution in [0.15, 0.2) is 18.2 Å². The highest BCUT2D eigenvalue weighted by atomic mass is 19.4. The molecule has 1 heterocycles. The zero-order valence-corrected chi connectivity index (χ0v) is 8.56. The first-order chi connectivity index (χ1) is 7.39. The average molecular weight is 229 g/mol. The molecule has 1 unspecified atom stereocenters. The molecule has 1 N–H and O–H groups in total. The smallest absolute Gasteiger partial charge is 0.351 e. The van der Waals surface area contributed by atoms with Crippen LogP contribution in [0.2, 0.25) is 0 Å². The number of alkyl halides is 3. The Morgan fingerprint density at radius 3 is 2.69 bits per heavy atom. The van der Waals surface area contributed by atoms with E-state index in [4.69, 9.17) is 0 Å². The number of hydrogen-bond donors (Lipinski definition) is 1. The second kappa shape index (κ2) is 3.50. The van der Waals surface area contributed by atoms with E-state index in [2.05, 4.69) is 5.32 Å². The van der Waals surface area contributed by atoms with Crippen molar-refractivity contribution in [1.29, 1.82) is 0 Å². The van der Waals surface area contributed by atoms with Gasteiger partial charge in [-0.3, -0.25) is 4.79 Å². The van der Waals surface area contributed by atoms with E-state index < -0.39 is 18.0 Å². The number of fused-ring (bicyclic) bond motifs is 1. The Balaban J connectivity index is 2.54. The molecule has 5 heteroatoms. The van der Waals surface area contributed by atoms with Crippen molar-refractivity contribution in [1.82, 2.24) is 5.32 Å². The first-order valence-electron chi connectivity index (χ1n) is 4.85. The average Bonchev–Trinajstić information content (AvgIpc) is 2.15. The number of carbonyl (C=O) groups is 1. The third-order valence-electron chi connectivity index (χ3n) is 2.69. The topological polar surface area (TPSA) is 29.1 Å². The van der Waals surface area contributed by atoms with Gasteiger partial charge in [-0.05, 0) is 18.6 Å². The summed E-state index contributed by atoms with van der Waals surface area (Å²) in [4.78, 5) is 11.4. The molecule has 0 bridgehead atoms. The molecule has 1 atom stereocenters. The van der Waals surface area contributed by atoms with Crippen molar-refractivity contribution in [3.63, 3.8) is 0 Å². The fraction of sp³-hybridized carbons (Fsp3) is 0.364. The molecule has 0 aromatic heterocycles. The van der Waals surface area contributed by atoms with Gasteiger partial charge in [0.1, 0.15) is 0 Å². The van der Waals surface area contributed by atoms with Crippen LogP contribution >= 0.6 is 0 Å². The van der Waals surface area contributed by atoms with Crippen LogP contribution in [0.1, 0.15) is 27.4 Å². The fourth-order valence-electron chi connectivity index (χ4n) is 1.87. The first kappa shape index (κ1) is 11.0. The molecule has 1 amide bonds. The second-order valence-corrected chi connectivity index (χ2v) is 3.89. The Hall–Kier alpha value is -1.52. The maximum Gasteiger partial charge on any atom is 0.397 e. The Labute approximate surface area is 90.5 Å². The largest absolute Gasteiger partial charge is 0.397 e. The Morgan fingerprint density at radius 2 is 2.06 bits per heavy atom. The molecule has 16 heavy (non-hydrogen) atoms. The van der Waals surface area contributed by atoms with E-state index in [9.17, 15) is 18.0 Å². The predicted octanol–water partition coefficient (Wildman–Crippen LogP) is 2.38. The van der Waals surface area contributed by atoms with E-state index in [0.29, 0.717) is 0 Å². The lowest BCUT2D eigenvalue weighted by atomic mass is 9.89. The van der Waals surface area contributed by atoms with Crippen LogP contribution in [0.25, 0.3) is 0 Å². The van der Waals surface area contributed by atoms with E-state index in [-0.39, 0.29) is 17.7 Å². The summed E-state index contributed by atoms with van der Waals surface area (Å²) in [5, 5.41) is 2.26. The van der Waals surface area contributed by atoms with Crippen LogP contribution in [0.3, 0.4) is 0 Å².